The molecule has 6 saturated heterocycles. The topological polar surface area (TPSA) is 257 Å². The molecule has 1 aliphatic carbocycles. The number of carbonyl (C=O) groups is 5. The zero-order chi connectivity index (χ0) is 58.1. The molecule has 7 fully saturated rings. The second-order valence-corrected chi connectivity index (χ2v) is 24.5. The Morgan fingerprint density at radius 3 is 2.33 bits per heavy atom. The minimum atomic E-state index is -1.38. The number of fused-ring (bicyclic) bond motifs is 3. The largest absolute Gasteiger partial charge is 0.490 e. The first kappa shape index (κ1) is 60.3. The number of carboxylic acid groups (broad SMARTS) is 1. The number of halogens is 1. The molecule has 2 aromatic rings. The van der Waals surface area contributed by atoms with Gasteiger partial charge in [-0.2, -0.15) is 0 Å². The van der Waals surface area contributed by atoms with E-state index in [2.05, 4.69) is 5.32 Å². The van der Waals surface area contributed by atoms with Gasteiger partial charge in [0.15, 0.2) is 30.4 Å². The van der Waals surface area contributed by atoms with Crippen LogP contribution in [0.2, 0.25) is 5.02 Å². The number of carbonyl (C=O) groups excluding carboxylic acids is 4. The number of nitrogens with zero attached hydrogens (tertiary/aromatic N) is 2. The Labute approximate surface area is 471 Å². The molecular weight excluding hydrogens is 1070 g/mol. The minimum absolute atomic E-state index is 0.00507. The summed E-state index contributed by atoms with van der Waals surface area (Å²) in [5.41, 5.74) is -5.60. The number of benzene rings is 1. The van der Waals surface area contributed by atoms with Gasteiger partial charge in [-0.15, -0.1) is 0 Å². The average molecular weight is 1150 g/mol. The van der Waals surface area contributed by atoms with Gasteiger partial charge in [0.1, 0.15) is 46.6 Å². The molecule has 23 heteroatoms. The van der Waals surface area contributed by atoms with E-state index >= 15 is 0 Å². The van der Waals surface area contributed by atoms with Crippen LogP contribution in [0.3, 0.4) is 0 Å². The van der Waals surface area contributed by atoms with Crippen LogP contribution in [0.1, 0.15) is 131 Å². The number of hydrogen-bond acceptors (Lipinski definition) is 19. The molecule has 80 heavy (non-hydrogen) atoms. The number of methoxy groups -OCH3 is 1. The zero-order valence-electron chi connectivity index (χ0n) is 48.1. The number of Topliss-reactive ketones (excluding diaryl/α,β-unsaturated/α-hetero) is 1. The molecule has 9 rings (SSSR count). The fourth-order valence-corrected chi connectivity index (χ4v) is 13.5. The van der Waals surface area contributed by atoms with E-state index in [1.165, 1.54) is 19.4 Å². The third-order valence-corrected chi connectivity index (χ3v) is 18.4. The van der Waals surface area contributed by atoms with Crippen molar-refractivity contribution in [3.8, 4) is 5.75 Å². The lowest BCUT2D eigenvalue weighted by molar-refractivity contribution is -0.400. The van der Waals surface area contributed by atoms with Crippen molar-refractivity contribution in [1.82, 2.24) is 14.8 Å². The van der Waals surface area contributed by atoms with E-state index in [9.17, 15) is 33.9 Å². The Hall–Kier alpha value is -4.33. The zero-order valence-corrected chi connectivity index (χ0v) is 48.9. The van der Waals surface area contributed by atoms with Gasteiger partial charge in [-0.25, -0.2) is 14.6 Å². The fourth-order valence-electron chi connectivity index (χ4n) is 13.3. The first-order valence-electron chi connectivity index (χ1n) is 28.2. The number of aromatic carboxylic acids is 1. The number of pyridine rings is 1. The Bertz CT molecular complexity index is 2760. The highest BCUT2D eigenvalue weighted by Crippen LogP contribution is 2.60. The van der Waals surface area contributed by atoms with Crippen LogP contribution in [0.4, 0.5) is 0 Å². The van der Waals surface area contributed by atoms with Crippen LogP contribution in [0.5, 0.6) is 5.75 Å². The Balaban J connectivity index is 0.903. The molecule has 1 aromatic carbocycles. The molecule has 19 atom stereocenters. The lowest BCUT2D eigenvalue weighted by Gasteiger charge is -2.48. The molecule has 2 N–H and O–H groups in total. The Morgan fingerprint density at radius 2 is 1.68 bits per heavy atom. The number of ketones is 1. The molecule has 0 unspecified atom stereocenters. The molecule has 6 aliphatic heterocycles. The van der Waals surface area contributed by atoms with E-state index < -0.39 is 125 Å². The van der Waals surface area contributed by atoms with Crippen LogP contribution < -0.4 is 15.5 Å². The second-order valence-electron chi connectivity index (χ2n) is 24.1. The van der Waals surface area contributed by atoms with Crippen molar-refractivity contribution >= 4 is 52.1 Å². The summed E-state index contributed by atoms with van der Waals surface area (Å²) in [5, 5.41) is 13.0. The molecule has 7 heterocycles. The number of amides is 1. The van der Waals surface area contributed by atoms with Crippen molar-refractivity contribution in [3.05, 3.63) is 39.1 Å². The van der Waals surface area contributed by atoms with Crippen molar-refractivity contribution in [3.63, 3.8) is 0 Å². The summed E-state index contributed by atoms with van der Waals surface area (Å²) in [5.74, 6) is -5.94. The van der Waals surface area contributed by atoms with Crippen molar-refractivity contribution in [1.29, 1.82) is 0 Å². The number of rotatable bonds is 15. The minimum Gasteiger partial charge on any atom is -0.490 e. The van der Waals surface area contributed by atoms with Crippen molar-refractivity contribution < 1.29 is 86.2 Å². The first-order valence-corrected chi connectivity index (χ1v) is 28.5. The van der Waals surface area contributed by atoms with E-state index in [0.717, 1.165) is 12.8 Å². The Kier molecular flexibility index (Phi) is 17.3. The number of carboxylic acids is 1. The SMILES string of the molecule is CC[C@@H]1OC(=O)[C@H](C)[C@H](O[C@@H]2C[C@@](C)(OC)[C@H](OC(=O)CCOCCOc3cc4c(=O)c(C(=O)O)cn(C5CC5)c4cc3Cl)[C@H](C)O2)[C@@H](C)[C@@H]2O[C@@H]3O[C@H](C)C[C@H](N(C)C)[C@@H]3OO[C@]2(C)C[C@H](C)C(=O)[C@H](C)[C@H]2NC(=O)[C@@]23O[C@@]13C. The van der Waals surface area contributed by atoms with Gasteiger partial charge < -0.3 is 67.3 Å². The normalized spacial score (nSPS) is 40.3. The van der Waals surface area contributed by atoms with Gasteiger partial charge in [-0.1, -0.05) is 39.3 Å². The predicted molar refractivity (Wildman–Crippen MR) is 285 cm³/mol. The second kappa shape index (κ2) is 23.0. The molecule has 1 amide bonds. The summed E-state index contributed by atoms with van der Waals surface area (Å²) in [7, 11) is 5.39. The summed E-state index contributed by atoms with van der Waals surface area (Å²) >= 11 is 6.57. The first-order chi connectivity index (χ1) is 37.7. The number of ether oxygens (including phenoxy) is 10. The number of epoxide rings is 1. The van der Waals surface area contributed by atoms with Crippen molar-refractivity contribution in [2.24, 2.45) is 23.7 Å². The Morgan fingerprint density at radius 1 is 0.950 bits per heavy atom. The highest BCUT2D eigenvalue weighted by atomic mass is 35.5. The van der Waals surface area contributed by atoms with E-state index in [4.69, 9.17) is 68.7 Å². The van der Waals surface area contributed by atoms with Gasteiger partial charge in [0.2, 0.25) is 5.43 Å². The maximum Gasteiger partial charge on any atom is 0.341 e. The molecule has 1 aromatic heterocycles. The van der Waals surface area contributed by atoms with Crippen molar-refractivity contribution in [2.75, 3.05) is 41.0 Å². The standard InChI is InChI=1S/C57H80ClN3O19/c1-14-40-56(10)57(79-56)47(59-53(57)68)29(4)43(63)27(2)24-55(9)48(77-52-46(78-80-55)38(60(11)12)21-28(3)72-52)30(5)45(31(6)51(67)74-40)76-42-25-54(8,69-13)49(32(7)73-42)75-41(62)17-18-70-19-20-71-39-22-34-37(23-36(39)58)61(33-15-16-33)26-35(44(34)64)50(65)66/h22-23,26-33,38,40,42,45-49,52H,14-21,24-25H2,1-13H3,(H,59,68)(H,65,66)/t27-,28+,29-,30+,31+,32-,38-,40-,42+,45+,46-,47+,48-,49+,52-,54+,55+,56-,57-/m0/s1. The van der Waals surface area contributed by atoms with E-state index in [1.54, 1.807) is 45.3 Å². The smallest absolute Gasteiger partial charge is 0.341 e. The predicted octanol–water partition coefficient (Wildman–Crippen LogP) is 5.72. The van der Waals surface area contributed by atoms with E-state index in [-0.39, 0.29) is 90.7 Å². The maximum atomic E-state index is 14.8. The van der Waals surface area contributed by atoms with Gasteiger partial charge in [0, 0.05) is 49.6 Å². The monoisotopic (exact) mass is 1150 g/mol. The van der Waals surface area contributed by atoms with Gasteiger partial charge in [-0.05, 0) is 99.9 Å². The number of esters is 2. The number of hydrogen-bond donors (Lipinski definition) is 2. The molecule has 1 spiro atoms. The van der Waals surface area contributed by atoms with Crippen LogP contribution >= 0.6 is 11.6 Å². The number of β-lactam (4-membered cyclic amide) rings is 1. The third kappa shape index (κ3) is 11.0. The molecule has 0 radical (unpaired) electrons. The molecule has 444 valence electrons. The van der Waals surface area contributed by atoms with Gasteiger partial charge in [0.25, 0.3) is 5.91 Å². The summed E-state index contributed by atoms with van der Waals surface area (Å²) in [6.07, 6.45) is -3.46. The van der Waals surface area contributed by atoms with Crippen LogP contribution in [0, 0.1) is 23.7 Å². The summed E-state index contributed by atoms with van der Waals surface area (Å²) in [6, 6.07) is 2.28. The fraction of sp³-hybridized carbons (Fsp3) is 0.754. The van der Waals surface area contributed by atoms with E-state index in [1.807, 2.05) is 53.6 Å². The third-order valence-electron chi connectivity index (χ3n) is 18.1. The lowest BCUT2D eigenvalue weighted by atomic mass is 9.69. The number of aromatic nitrogens is 1. The van der Waals surface area contributed by atoms with Crippen LogP contribution in [0.25, 0.3) is 10.9 Å². The quantitative estimate of drug-likeness (QED) is 0.0711. The van der Waals surface area contributed by atoms with Gasteiger partial charge >= 0.3 is 17.9 Å². The highest BCUT2D eigenvalue weighted by Gasteiger charge is 2.84. The van der Waals surface area contributed by atoms with Gasteiger partial charge in [0.05, 0.1) is 71.9 Å². The highest BCUT2D eigenvalue weighted by molar-refractivity contribution is 6.32. The molecule has 0 bridgehead atoms. The van der Waals surface area contributed by atoms with Crippen LogP contribution in [-0.4, -0.2) is 175 Å². The number of cyclic esters (lactones) is 1. The van der Waals surface area contributed by atoms with Crippen molar-refractivity contribution in [2.45, 2.75) is 210 Å². The summed E-state index contributed by atoms with van der Waals surface area (Å²) in [4.78, 5) is 96.5. The number of likely N-dealkylation sites (N-methyl/N-ethyl adjacent to an activating group) is 1. The molecule has 1 saturated carbocycles. The molecule has 22 nitrogen and oxygen atoms in total. The van der Waals surface area contributed by atoms with Crippen LogP contribution in [0.15, 0.2) is 23.1 Å². The molecule has 7 aliphatic rings. The lowest BCUT2D eigenvalue weighted by Crippen LogP contribution is -2.72. The maximum absolute atomic E-state index is 14.8. The average Bonchev–Trinajstić information content (AvgIpc) is 4.49. The van der Waals surface area contributed by atoms with Crippen LogP contribution in [-0.2, 0) is 71.6 Å². The summed E-state index contributed by atoms with van der Waals surface area (Å²) in [6.45, 7) is 18.1. The number of nitrogens with one attached hydrogen (secondary N) is 1. The van der Waals surface area contributed by atoms with E-state index in [0.29, 0.717) is 18.4 Å². The molecular formula is C57H80ClN3O19. The summed E-state index contributed by atoms with van der Waals surface area (Å²) < 4.78 is 65.4. The van der Waals surface area contributed by atoms with Gasteiger partial charge in [-0.3, -0.25) is 24.0 Å².